The summed E-state index contributed by atoms with van der Waals surface area (Å²) in [5.41, 5.74) is 3.06. The second-order valence-electron chi connectivity index (χ2n) is 6.94. The maximum absolute atomic E-state index is 13.2. The zero-order valence-corrected chi connectivity index (χ0v) is 16.8. The Labute approximate surface area is 164 Å². The molecule has 0 unspecified atom stereocenters. The fourth-order valence-electron chi connectivity index (χ4n) is 3.40. The molecule has 1 amide bonds. The minimum Gasteiger partial charge on any atom is -0.494 e. The largest absolute Gasteiger partial charge is 0.494 e. The van der Waals surface area contributed by atoms with Crippen LogP contribution in [0.1, 0.15) is 31.9 Å². The first-order chi connectivity index (χ1) is 12.3. The van der Waals surface area contributed by atoms with E-state index >= 15 is 0 Å². The topological polar surface area (TPSA) is 29.5 Å². The normalized spacial score (nSPS) is 15.0. The first-order valence-corrected chi connectivity index (χ1v) is 9.13. The van der Waals surface area contributed by atoms with Crippen LogP contribution in [0.3, 0.4) is 0 Å². The summed E-state index contributed by atoms with van der Waals surface area (Å²) < 4.78 is 5.23. The van der Waals surface area contributed by atoms with E-state index in [4.69, 9.17) is 27.9 Å². The molecule has 0 N–H and O–H groups in total. The molecule has 2 aromatic carbocycles. The summed E-state index contributed by atoms with van der Waals surface area (Å²) in [7, 11) is 1.53. The number of methoxy groups -OCH3 is 1. The van der Waals surface area contributed by atoms with Gasteiger partial charge in [0.05, 0.1) is 22.7 Å². The number of carbonyl (C=O) groups is 1. The maximum atomic E-state index is 13.2. The van der Waals surface area contributed by atoms with Crippen molar-refractivity contribution in [2.24, 2.45) is 0 Å². The van der Waals surface area contributed by atoms with Crippen molar-refractivity contribution < 1.29 is 9.53 Å². The fourth-order valence-corrected chi connectivity index (χ4v) is 4.04. The Kier molecular flexibility index (Phi) is 5.05. The SMILES string of the molecule is COc1c(Cl)cc(C(C)(C)N2CC(C)=C(c3ccccc3)C2=O)cc1Cl. The number of halogens is 2. The third kappa shape index (κ3) is 3.10. The Bertz CT molecular complexity index is 865. The summed E-state index contributed by atoms with van der Waals surface area (Å²) in [6, 6.07) is 13.4. The van der Waals surface area contributed by atoms with Crippen molar-refractivity contribution in [2.75, 3.05) is 13.7 Å². The molecule has 0 saturated carbocycles. The summed E-state index contributed by atoms with van der Waals surface area (Å²) >= 11 is 12.6. The Morgan fingerprint density at radius 2 is 1.65 bits per heavy atom. The van der Waals surface area contributed by atoms with E-state index in [1.54, 1.807) is 0 Å². The molecular weight excluding hydrogens is 369 g/mol. The third-order valence-corrected chi connectivity index (χ3v) is 5.49. The molecule has 0 fully saturated rings. The maximum Gasteiger partial charge on any atom is 0.255 e. The van der Waals surface area contributed by atoms with Crippen LogP contribution in [0.5, 0.6) is 5.75 Å². The third-order valence-electron chi connectivity index (χ3n) is 4.93. The van der Waals surface area contributed by atoms with Gasteiger partial charge in [-0.2, -0.15) is 0 Å². The van der Waals surface area contributed by atoms with Gasteiger partial charge in [0.2, 0.25) is 0 Å². The van der Waals surface area contributed by atoms with E-state index in [1.807, 2.05) is 68.1 Å². The number of carbonyl (C=O) groups excluding carboxylic acids is 1. The molecule has 1 aliphatic rings. The van der Waals surface area contributed by atoms with Crippen LogP contribution in [0.25, 0.3) is 5.57 Å². The molecule has 0 bridgehead atoms. The number of benzene rings is 2. The van der Waals surface area contributed by atoms with Gasteiger partial charge >= 0.3 is 0 Å². The van der Waals surface area contributed by atoms with Crippen molar-refractivity contribution in [1.29, 1.82) is 0 Å². The molecule has 5 heteroatoms. The monoisotopic (exact) mass is 389 g/mol. The highest BCUT2D eigenvalue weighted by Gasteiger charge is 2.39. The van der Waals surface area contributed by atoms with Crippen LogP contribution < -0.4 is 4.74 Å². The Hall–Kier alpha value is -1.97. The molecule has 0 aliphatic carbocycles. The molecule has 2 aromatic rings. The van der Waals surface area contributed by atoms with Gasteiger partial charge in [-0.05, 0) is 49.6 Å². The van der Waals surface area contributed by atoms with E-state index < -0.39 is 5.54 Å². The van der Waals surface area contributed by atoms with Crippen LogP contribution in [-0.4, -0.2) is 24.5 Å². The van der Waals surface area contributed by atoms with Gasteiger partial charge in [-0.3, -0.25) is 4.79 Å². The number of hydrogen-bond donors (Lipinski definition) is 0. The van der Waals surface area contributed by atoms with Gasteiger partial charge < -0.3 is 9.64 Å². The summed E-state index contributed by atoms with van der Waals surface area (Å²) in [4.78, 5) is 15.1. The van der Waals surface area contributed by atoms with Crippen LogP contribution in [0, 0.1) is 0 Å². The zero-order chi connectivity index (χ0) is 19.1. The molecule has 1 aliphatic heterocycles. The molecule has 3 nitrogen and oxygen atoms in total. The van der Waals surface area contributed by atoms with Crippen molar-refractivity contribution in [3.8, 4) is 5.75 Å². The lowest BCUT2D eigenvalue weighted by Gasteiger charge is -2.37. The highest BCUT2D eigenvalue weighted by atomic mass is 35.5. The Morgan fingerprint density at radius 3 is 2.19 bits per heavy atom. The van der Waals surface area contributed by atoms with Crippen LogP contribution in [0.15, 0.2) is 48.0 Å². The van der Waals surface area contributed by atoms with Gasteiger partial charge in [-0.25, -0.2) is 0 Å². The molecule has 3 rings (SSSR count). The van der Waals surface area contributed by atoms with E-state index in [1.165, 1.54) is 7.11 Å². The van der Waals surface area contributed by atoms with E-state index in [0.29, 0.717) is 22.3 Å². The predicted octanol–water partition coefficient (Wildman–Crippen LogP) is 5.55. The predicted molar refractivity (Wildman–Crippen MR) is 107 cm³/mol. The van der Waals surface area contributed by atoms with Gasteiger partial charge in [-0.15, -0.1) is 0 Å². The summed E-state index contributed by atoms with van der Waals surface area (Å²) in [6.45, 7) is 6.57. The zero-order valence-electron chi connectivity index (χ0n) is 15.3. The van der Waals surface area contributed by atoms with E-state index in [2.05, 4.69) is 0 Å². The van der Waals surface area contributed by atoms with Crippen molar-refractivity contribution in [3.63, 3.8) is 0 Å². The van der Waals surface area contributed by atoms with Gasteiger partial charge in [0.1, 0.15) is 0 Å². The van der Waals surface area contributed by atoms with E-state index in [-0.39, 0.29) is 5.91 Å². The number of nitrogens with zero attached hydrogens (tertiary/aromatic N) is 1. The quantitative estimate of drug-likeness (QED) is 0.685. The summed E-state index contributed by atoms with van der Waals surface area (Å²) in [5.74, 6) is 0.460. The molecule has 0 atom stereocenters. The number of rotatable bonds is 4. The minimum atomic E-state index is -0.575. The van der Waals surface area contributed by atoms with Crippen molar-refractivity contribution in [1.82, 2.24) is 4.90 Å². The molecule has 26 heavy (non-hydrogen) atoms. The van der Waals surface area contributed by atoms with E-state index in [9.17, 15) is 4.79 Å². The lowest BCUT2D eigenvalue weighted by molar-refractivity contribution is -0.128. The van der Waals surface area contributed by atoms with Crippen molar-refractivity contribution >= 4 is 34.7 Å². The highest BCUT2D eigenvalue weighted by molar-refractivity contribution is 6.37. The average Bonchev–Trinajstić information content (AvgIpc) is 2.90. The van der Waals surface area contributed by atoms with Crippen molar-refractivity contribution in [2.45, 2.75) is 26.3 Å². The smallest absolute Gasteiger partial charge is 0.255 e. The van der Waals surface area contributed by atoms with Crippen molar-refractivity contribution in [3.05, 3.63) is 69.2 Å². The molecular formula is C21H21Cl2NO2. The number of hydrogen-bond acceptors (Lipinski definition) is 2. The molecule has 0 radical (unpaired) electrons. The molecule has 1 heterocycles. The molecule has 0 saturated heterocycles. The van der Waals surface area contributed by atoms with Crippen LogP contribution in [-0.2, 0) is 10.3 Å². The van der Waals surface area contributed by atoms with Crippen LogP contribution >= 0.6 is 23.2 Å². The molecule has 0 spiro atoms. The molecule has 136 valence electrons. The lowest BCUT2D eigenvalue weighted by atomic mass is 9.92. The minimum absolute atomic E-state index is 0.0155. The number of amides is 1. The van der Waals surface area contributed by atoms with Gasteiger partial charge in [0.15, 0.2) is 5.75 Å². The van der Waals surface area contributed by atoms with Crippen LogP contribution in [0.4, 0.5) is 0 Å². The Morgan fingerprint density at radius 1 is 1.08 bits per heavy atom. The summed E-state index contributed by atoms with van der Waals surface area (Å²) in [6.07, 6.45) is 0. The standard InChI is InChI=1S/C21H21Cl2NO2/c1-13-12-24(20(25)18(13)14-8-6-5-7-9-14)21(2,3)15-10-16(22)19(26-4)17(23)11-15/h5-11H,12H2,1-4H3. The highest BCUT2D eigenvalue weighted by Crippen LogP contribution is 2.42. The first-order valence-electron chi connectivity index (χ1n) is 8.38. The van der Waals surface area contributed by atoms with Gasteiger partial charge in [-0.1, -0.05) is 53.5 Å². The second-order valence-corrected chi connectivity index (χ2v) is 7.76. The first kappa shape index (κ1) is 18.8. The van der Waals surface area contributed by atoms with Gasteiger partial charge in [0.25, 0.3) is 5.91 Å². The lowest BCUT2D eigenvalue weighted by Crippen LogP contribution is -2.43. The average molecular weight is 390 g/mol. The number of ether oxygens (including phenoxy) is 1. The fraction of sp³-hybridized carbons (Fsp3) is 0.286. The molecule has 0 aromatic heterocycles. The summed E-state index contributed by atoms with van der Waals surface area (Å²) in [5, 5.41) is 0.866. The van der Waals surface area contributed by atoms with Crippen LogP contribution in [0.2, 0.25) is 10.0 Å². The van der Waals surface area contributed by atoms with E-state index in [0.717, 1.165) is 22.3 Å². The van der Waals surface area contributed by atoms with Gasteiger partial charge in [0, 0.05) is 12.1 Å². The second kappa shape index (κ2) is 6.98. The Balaban J connectivity index is 1.99.